The minimum Gasteiger partial charge on any atom is -0.308 e. The van der Waals surface area contributed by atoms with E-state index in [1.165, 1.54) is 38.9 Å². The molecule has 0 radical (unpaired) electrons. The van der Waals surface area contributed by atoms with Crippen molar-refractivity contribution in [1.29, 1.82) is 0 Å². The molecule has 4 heteroatoms. The molecule has 2 rings (SSSR count). The number of aromatic nitrogens is 2. The normalized spacial score (nSPS) is 21.9. The maximum Gasteiger partial charge on any atom is 0.125 e. The van der Waals surface area contributed by atoms with Crippen LogP contribution in [-0.2, 0) is 6.54 Å². The largest absolute Gasteiger partial charge is 0.308 e. The molecule has 1 saturated heterocycles. The summed E-state index contributed by atoms with van der Waals surface area (Å²) in [4.78, 5) is 11.2. The Morgan fingerprint density at radius 3 is 3.10 bits per heavy atom. The summed E-state index contributed by atoms with van der Waals surface area (Å²) in [6, 6.07) is 2.54. The van der Waals surface area contributed by atoms with Gasteiger partial charge in [0, 0.05) is 25.3 Å². The number of hydrogen-bond acceptors (Lipinski definition) is 4. The molecule has 1 fully saturated rings. The minimum absolute atomic E-state index is 0.546. The van der Waals surface area contributed by atoms with Gasteiger partial charge in [-0.3, -0.25) is 0 Å². The third kappa shape index (κ3) is 4.53. The molecule has 2 atom stereocenters. The zero-order chi connectivity index (χ0) is 14.4. The van der Waals surface area contributed by atoms with E-state index in [9.17, 15) is 0 Å². The van der Waals surface area contributed by atoms with Gasteiger partial charge >= 0.3 is 0 Å². The lowest BCUT2D eigenvalue weighted by molar-refractivity contribution is 0.150. The molecule has 0 bridgehead atoms. The molecule has 1 aromatic rings. The lowest BCUT2D eigenvalue weighted by atomic mass is 9.91. The van der Waals surface area contributed by atoms with Crippen LogP contribution >= 0.6 is 0 Å². The monoisotopic (exact) mass is 276 g/mol. The first-order valence-corrected chi connectivity index (χ1v) is 7.93. The predicted octanol–water partition coefficient (Wildman–Crippen LogP) is 2.39. The number of nitrogens with one attached hydrogen (secondary N) is 1. The van der Waals surface area contributed by atoms with E-state index in [1.54, 1.807) is 0 Å². The zero-order valence-corrected chi connectivity index (χ0v) is 13.1. The third-order valence-electron chi connectivity index (χ3n) is 4.23. The van der Waals surface area contributed by atoms with Crippen LogP contribution in [0.3, 0.4) is 0 Å². The lowest BCUT2D eigenvalue weighted by Gasteiger charge is -2.36. The average molecular weight is 276 g/mol. The van der Waals surface area contributed by atoms with Crippen LogP contribution in [0.5, 0.6) is 0 Å². The topological polar surface area (TPSA) is 41.0 Å². The Bertz CT molecular complexity index is 405. The molecule has 0 aliphatic carbocycles. The van der Waals surface area contributed by atoms with Gasteiger partial charge in [0.2, 0.25) is 0 Å². The van der Waals surface area contributed by atoms with E-state index in [0.717, 1.165) is 24.0 Å². The molecule has 2 heterocycles. The van der Waals surface area contributed by atoms with Crippen LogP contribution in [0.4, 0.5) is 0 Å². The fourth-order valence-corrected chi connectivity index (χ4v) is 3.05. The van der Waals surface area contributed by atoms with Crippen LogP contribution < -0.4 is 5.32 Å². The van der Waals surface area contributed by atoms with Crippen LogP contribution in [0.2, 0.25) is 0 Å². The second-order valence-corrected chi connectivity index (χ2v) is 5.97. The molecule has 1 aliphatic heterocycles. The molecule has 0 saturated carbocycles. The highest BCUT2D eigenvalue weighted by molar-refractivity contribution is 5.01. The van der Waals surface area contributed by atoms with E-state index in [4.69, 9.17) is 0 Å². The Labute approximate surface area is 123 Å². The summed E-state index contributed by atoms with van der Waals surface area (Å²) in [5, 5.41) is 3.64. The van der Waals surface area contributed by atoms with Crippen LogP contribution in [0.1, 0.15) is 44.6 Å². The molecule has 1 aromatic heterocycles. The number of likely N-dealkylation sites (tertiary alicyclic amines) is 1. The molecule has 2 unspecified atom stereocenters. The standard InChI is InChI=1S/C16H28N4/c1-4-9-20-10-5-6-15(12-20)13(2)18-11-16-7-8-17-14(3)19-16/h7-8,13,15,18H,4-6,9-12H2,1-3H3. The second-order valence-electron chi connectivity index (χ2n) is 5.97. The van der Waals surface area contributed by atoms with Crippen molar-refractivity contribution < 1.29 is 0 Å². The van der Waals surface area contributed by atoms with Crippen molar-refractivity contribution >= 4 is 0 Å². The van der Waals surface area contributed by atoms with Gasteiger partial charge in [0.25, 0.3) is 0 Å². The molecular formula is C16H28N4. The maximum absolute atomic E-state index is 4.45. The predicted molar refractivity (Wildman–Crippen MR) is 82.5 cm³/mol. The Morgan fingerprint density at radius 2 is 2.35 bits per heavy atom. The van der Waals surface area contributed by atoms with Crippen molar-refractivity contribution in [3.05, 3.63) is 23.8 Å². The Balaban J connectivity index is 1.80. The van der Waals surface area contributed by atoms with E-state index in [2.05, 4.69) is 34.0 Å². The molecule has 1 N–H and O–H groups in total. The smallest absolute Gasteiger partial charge is 0.125 e. The van der Waals surface area contributed by atoms with Crippen molar-refractivity contribution in [3.8, 4) is 0 Å². The van der Waals surface area contributed by atoms with Crippen molar-refractivity contribution in [2.24, 2.45) is 5.92 Å². The minimum atomic E-state index is 0.546. The number of rotatable bonds is 6. The SMILES string of the molecule is CCCN1CCCC(C(C)NCc2ccnc(C)n2)C1. The summed E-state index contributed by atoms with van der Waals surface area (Å²) in [5.74, 6) is 1.61. The first-order chi connectivity index (χ1) is 9.69. The summed E-state index contributed by atoms with van der Waals surface area (Å²) < 4.78 is 0. The van der Waals surface area contributed by atoms with E-state index in [0.29, 0.717) is 6.04 Å². The third-order valence-corrected chi connectivity index (χ3v) is 4.23. The van der Waals surface area contributed by atoms with Crippen molar-refractivity contribution in [2.45, 2.75) is 52.6 Å². The van der Waals surface area contributed by atoms with Gasteiger partial charge in [-0.1, -0.05) is 6.92 Å². The molecular weight excluding hydrogens is 248 g/mol. The summed E-state index contributed by atoms with van der Waals surface area (Å²) in [6.07, 6.45) is 5.78. The molecule has 0 aromatic carbocycles. The van der Waals surface area contributed by atoms with Crippen molar-refractivity contribution in [3.63, 3.8) is 0 Å². The van der Waals surface area contributed by atoms with Gasteiger partial charge in [-0.2, -0.15) is 0 Å². The van der Waals surface area contributed by atoms with Crippen LogP contribution in [-0.4, -0.2) is 40.5 Å². The second kappa shape index (κ2) is 7.70. The fraction of sp³-hybridized carbons (Fsp3) is 0.750. The highest BCUT2D eigenvalue weighted by Gasteiger charge is 2.23. The van der Waals surface area contributed by atoms with Crippen LogP contribution in [0.25, 0.3) is 0 Å². The van der Waals surface area contributed by atoms with Gasteiger partial charge in [0.05, 0.1) is 5.69 Å². The maximum atomic E-state index is 4.45. The fourth-order valence-electron chi connectivity index (χ4n) is 3.05. The summed E-state index contributed by atoms with van der Waals surface area (Å²) in [7, 11) is 0. The van der Waals surface area contributed by atoms with Crippen molar-refractivity contribution in [1.82, 2.24) is 20.2 Å². The van der Waals surface area contributed by atoms with Gasteiger partial charge in [-0.25, -0.2) is 9.97 Å². The summed E-state index contributed by atoms with van der Waals surface area (Å²) in [6.45, 7) is 11.1. The first-order valence-electron chi connectivity index (χ1n) is 7.93. The molecule has 20 heavy (non-hydrogen) atoms. The number of aryl methyl sites for hydroxylation is 1. The van der Waals surface area contributed by atoms with Gasteiger partial charge < -0.3 is 10.2 Å². The summed E-state index contributed by atoms with van der Waals surface area (Å²) >= 11 is 0. The molecule has 112 valence electrons. The molecule has 0 spiro atoms. The van der Waals surface area contributed by atoms with Gasteiger partial charge in [0.1, 0.15) is 5.82 Å². The van der Waals surface area contributed by atoms with E-state index >= 15 is 0 Å². The first kappa shape index (κ1) is 15.4. The summed E-state index contributed by atoms with van der Waals surface area (Å²) in [5.41, 5.74) is 1.09. The van der Waals surface area contributed by atoms with E-state index in [1.807, 2.05) is 19.2 Å². The highest BCUT2D eigenvalue weighted by Crippen LogP contribution is 2.20. The van der Waals surface area contributed by atoms with Gasteiger partial charge in [-0.05, 0) is 58.2 Å². The number of piperidine rings is 1. The lowest BCUT2D eigenvalue weighted by Crippen LogP contribution is -2.44. The highest BCUT2D eigenvalue weighted by atomic mass is 15.1. The van der Waals surface area contributed by atoms with E-state index < -0.39 is 0 Å². The Morgan fingerprint density at radius 1 is 1.50 bits per heavy atom. The quantitative estimate of drug-likeness (QED) is 0.866. The van der Waals surface area contributed by atoms with E-state index in [-0.39, 0.29) is 0 Å². The Hall–Kier alpha value is -1.00. The number of nitrogens with zero attached hydrogens (tertiary/aromatic N) is 3. The molecule has 1 aliphatic rings. The molecule has 0 amide bonds. The average Bonchev–Trinajstić information content (AvgIpc) is 2.45. The number of hydrogen-bond donors (Lipinski definition) is 1. The Kier molecular flexibility index (Phi) is 5.92. The van der Waals surface area contributed by atoms with Crippen molar-refractivity contribution in [2.75, 3.05) is 19.6 Å². The molecule has 4 nitrogen and oxygen atoms in total. The zero-order valence-electron chi connectivity index (χ0n) is 13.1. The van der Waals surface area contributed by atoms with Gasteiger partial charge in [0.15, 0.2) is 0 Å². The van der Waals surface area contributed by atoms with Gasteiger partial charge in [-0.15, -0.1) is 0 Å². The van der Waals surface area contributed by atoms with Crippen LogP contribution in [0.15, 0.2) is 12.3 Å². The van der Waals surface area contributed by atoms with Crippen LogP contribution in [0, 0.1) is 12.8 Å².